The first kappa shape index (κ1) is 12.3. The number of aryl methyl sites for hydroxylation is 1. The van der Waals surface area contributed by atoms with E-state index in [0.29, 0.717) is 12.0 Å². The third-order valence-electron chi connectivity index (χ3n) is 2.50. The van der Waals surface area contributed by atoms with Crippen LogP contribution in [0.1, 0.15) is 15.9 Å². The van der Waals surface area contributed by atoms with Crippen LogP contribution in [-0.2, 0) is 0 Å². The summed E-state index contributed by atoms with van der Waals surface area (Å²) >= 11 is 5.62. The molecule has 0 spiro atoms. The molecule has 0 aliphatic rings. The van der Waals surface area contributed by atoms with Crippen molar-refractivity contribution in [2.75, 3.05) is 0 Å². The summed E-state index contributed by atoms with van der Waals surface area (Å²) < 4.78 is 0.870. The highest BCUT2D eigenvalue weighted by atomic mass is 35.5. The van der Waals surface area contributed by atoms with Crippen molar-refractivity contribution >= 4 is 17.9 Å². The molecule has 0 saturated heterocycles. The Kier molecular flexibility index (Phi) is 3.16. The Bertz CT molecular complexity index is 714. The maximum atomic E-state index is 12.0. The molecule has 2 rings (SSSR count). The Morgan fingerprint density at radius 1 is 1.22 bits per heavy atom. The van der Waals surface area contributed by atoms with E-state index in [1.165, 1.54) is 0 Å². The standard InChI is InChI=1S/C12H9ClN2O3/c1-7-2-4-8(5-3-7)15-11(17)9(6-16)10(13)14-12(15)18/h2-6H,1H3,(H,14,18). The summed E-state index contributed by atoms with van der Waals surface area (Å²) in [7, 11) is 0. The number of H-pyrrole nitrogens is 1. The molecule has 0 saturated carbocycles. The number of hydrogen-bond donors (Lipinski definition) is 1. The van der Waals surface area contributed by atoms with Crippen LogP contribution < -0.4 is 11.2 Å². The molecule has 1 heterocycles. The smallest absolute Gasteiger partial charge is 0.298 e. The Morgan fingerprint density at radius 2 is 1.83 bits per heavy atom. The molecule has 18 heavy (non-hydrogen) atoms. The largest absolute Gasteiger partial charge is 0.334 e. The van der Waals surface area contributed by atoms with Crippen LogP contribution in [0.25, 0.3) is 5.69 Å². The van der Waals surface area contributed by atoms with Gasteiger partial charge in [-0.05, 0) is 19.1 Å². The molecule has 0 radical (unpaired) electrons. The van der Waals surface area contributed by atoms with Gasteiger partial charge in [0.15, 0.2) is 6.29 Å². The van der Waals surface area contributed by atoms with E-state index in [1.54, 1.807) is 24.3 Å². The minimum Gasteiger partial charge on any atom is -0.298 e. The second-order valence-electron chi connectivity index (χ2n) is 3.75. The second kappa shape index (κ2) is 4.62. The molecular weight excluding hydrogens is 256 g/mol. The first-order valence-corrected chi connectivity index (χ1v) is 5.49. The molecule has 2 aromatic rings. The van der Waals surface area contributed by atoms with E-state index in [0.717, 1.165) is 10.1 Å². The van der Waals surface area contributed by atoms with Crippen molar-refractivity contribution in [2.45, 2.75) is 6.92 Å². The zero-order chi connectivity index (χ0) is 13.3. The molecule has 0 bridgehead atoms. The van der Waals surface area contributed by atoms with Crippen molar-refractivity contribution < 1.29 is 4.79 Å². The number of aromatic nitrogens is 2. The van der Waals surface area contributed by atoms with Crippen molar-refractivity contribution in [3.8, 4) is 5.69 Å². The van der Waals surface area contributed by atoms with Crippen molar-refractivity contribution in [3.05, 3.63) is 61.4 Å². The summed E-state index contributed by atoms with van der Waals surface area (Å²) in [6.07, 6.45) is 0.325. The Hall–Kier alpha value is -2.14. The van der Waals surface area contributed by atoms with Gasteiger partial charge in [0.1, 0.15) is 10.7 Å². The van der Waals surface area contributed by atoms with Gasteiger partial charge in [-0.2, -0.15) is 0 Å². The van der Waals surface area contributed by atoms with E-state index in [-0.39, 0.29) is 10.7 Å². The molecule has 1 aromatic heterocycles. The summed E-state index contributed by atoms with van der Waals surface area (Å²) in [5.41, 5.74) is -0.307. The number of aldehydes is 1. The molecule has 1 aromatic carbocycles. The van der Waals surface area contributed by atoms with Crippen molar-refractivity contribution in [1.29, 1.82) is 0 Å². The second-order valence-corrected chi connectivity index (χ2v) is 4.13. The van der Waals surface area contributed by atoms with Gasteiger partial charge in [-0.15, -0.1) is 0 Å². The zero-order valence-corrected chi connectivity index (χ0v) is 10.2. The Balaban J connectivity index is 2.80. The Morgan fingerprint density at radius 3 is 2.39 bits per heavy atom. The highest BCUT2D eigenvalue weighted by Gasteiger charge is 2.12. The number of carbonyl (C=O) groups is 1. The van der Waals surface area contributed by atoms with Gasteiger partial charge in [-0.25, -0.2) is 9.36 Å². The maximum Gasteiger partial charge on any atom is 0.334 e. The third kappa shape index (κ3) is 2.00. The zero-order valence-electron chi connectivity index (χ0n) is 9.44. The predicted molar refractivity (Wildman–Crippen MR) is 67.8 cm³/mol. The van der Waals surface area contributed by atoms with Gasteiger partial charge < -0.3 is 0 Å². The summed E-state index contributed by atoms with van der Waals surface area (Å²) in [6, 6.07) is 6.76. The fourth-order valence-electron chi connectivity index (χ4n) is 1.55. The van der Waals surface area contributed by atoms with Gasteiger partial charge in [0.05, 0.1) is 5.69 Å². The lowest BCUT2D eigenvalue weighted by Gasteiger charge is -2.06. The monoisotopic (exact) mass is 264 g/mol. The first-order chi connectivity index (χ1) is 8.54. The normalized spacial score (nSPS) is 10.3. The summed E-state index contributed by atoms with van der Waals surface area (Å²) in [5.74, 6) is 0. The van der Waals surface area contributed by atoms with Crippen molar-refractivity contribution in [2.24, 2.45) is 0 Å². The first-order valence-electron chi connectivity index (χ1n) is 5.11. The molecule has 0 fully saturated rings. The highest BCUT2D eigenvalue weighted by molar-refractivity contribution is 6.31. The fourth-order valence-corrected chi connectivity index (χ4v) is 1.76. The molecule has 6 heteroatoms. The average Bonchev–Trinajstić information content (AvgIpc) is 2.31. The van der Waals surface area contributed by atoms with E-state index >= 15 is 0 Å². The van der Waals surface area contributed by atoms with Crippen LogP contribution in [-0.4, -0.2) is 15.8 Å². The lowest BCUT2D eigenvalue weighted by atomic mass is 10.2. The average molecular weight is 265 g/mol. The third-order valence-corrected chi connectivity index (χ3v) is 2.80. The fraction of sp³-hybridized carbons (Fsp3) is 0.0833. The van der Waals surface area contributed by atoms with E-state index < -0.39 is 11.2 Å². The lowest BCUT2D eigenvalue weighted by molar-refractivity contribution is 0.112. The van der Waals surface area contributed by atoms with Crippen LogP contribution in [0.4, 0.5) is 0 Å². The Labute approximate surface area is 107 Å². The van der Waals surface area contributed by atoms with E-state index in [9.17, 15) is 14.4 Å². The molecule has 0 aliphatic carbocycles. The molecule has 1 N–H and O–H groups in total. The minimum absolute atomic E-state index is 0.247. The highest BCUT2D eigenvalue weighted by Crippen LogP contribution is 2.07. The van der Waals surface area contributed by atoms with Gasteiger partial charge in [-0.1, -0.05) is 29.3 Å². The van der Waals surface area contributed by atoms with E-state index in [1.807, 2.05) is 6.92 Å². The van der Waals surface area contributed by atoms with Gasteiger partial charge in [-0.3, -0.25) is 14.6 Å². The lowest BCUT2D eigenvalue weighted by Crippen LogP contribution is -2.36. The molecule has 0 unspecified atom stereocenters. The molecule has 0 aliphatic heterocycles. The number of nitrogens with one attached hydrogen (secondary N) is 1. The number of carbonyl (C=O) groups excluding carboxylic acids is 1. The topological polar surface area (TPSA) is 71.9 Å². The summed E-state index contributed by atoms with van der Waals surface area (Å²) in [4.78, 5) is 36.7. The summed E-state index contributed by atoms with van der Waals surface area (Å²) in [6.45, 7) is 1.88. The van der Waals surface area contributed by atoms with Gasteiger partial charge in [0.2, 0.25) is 0 Å². The summed E-state index contributed by atoms with van der Waals surface area (Å²) in [5, 5.41) is -0.247. The van der Waals surface area contributed by atoms with Crippen LogP contribution in [0.15, 0.2) is 33.9 Å². The number of benzene rings is 1. The number of hydrogen-bond acceptors (Lipinski definition) is 3. The molecule has 0 atom stereocenters. The van der Waals surface area contributed by atoms with Crippen molar-refractivity contribution in [1.82, 2.24) is 9.55 Å². The van der Waals surface area contributed by atoms with Gasteiger partial charge in [0.25, 0.3) is 5.56 Å². The maximum absolute atomic E-state index is 12.0. The van der Waals surface area contributed by atoms with Gasteiger partial charge in [0, 0.05) is 0 Å². The SMILES string of the molecule is Cc1ccc(-n2c(=O)[nH]c(Cl)c(C=O)c2=O)cc1. The molecule has 5 nitrogen and oxygen atoms in total. The number of halogens is 1. The van der Waals surface area contributed by atoms with E-state index in [2.05, 4.69) is 4.98 Å². The molecule has 0 amide bonds. The number of nitrogens with zero attached hydrogens (tertiary/aromatic N) is 1. The van der Waals surface area contributed by atoms with Gasteiger partial charge >= 0.3 is 5.69 Å². The van der Waals surface area contributed by atoms with Crippen LogP contribution in [0.3, 0.4) is 0 Å². The quantitative estimate of drug-likeness (QED) is 0.656. The van der Waals surface area contributed by atoms with Crippen LogP contribution in [0, 0.1) is 6.92 Å². The van der Waals surface area contributed by atoms with Crippen LogP contribution in [0.5, 0.6) is 0 Å². The number of rotatable bonds is 2. The molecular formula is C12H9ClN2O3. The van der Waals surface area contributed by atoms with E-state index in [4.69, 9.17) is 11.6 Å². The van der Waals surface area contributed by atoms with Crippen LogP contribution >= 0.6 is 11.6 Å². The minimum atomic E-state index is -0.734. The predicted octanol–water partition coefficient (Wildman–Crippen LogP) is 1.30. The number of aromatic amines is 1. The van der Waals surface area contributed by atoms with Crippen molar-refractivity contribution in [3.63, 3.8) is 0 Å². The molecule has 92 valence electrons. The van der Waals surface area contributed by atoms with Crippen LogP contribution in [0.2, 0.25) is 5.15 Å².